The van der Waals surface area contributed by atoms with E-state index < -0.39 is 15.9 Å². The molecule has 1 aliphatic rings. The van der Waals surface area contributed by atoms with Crippen LogP contribution in [-0.2, 0) is 14.6 Å². The standard InChI is InChI=1S/C10H20N2O3S.ClH/c1-7(2)9(11)10(13)12(3)8-4-5-16(14,15)6-8;/h7-9H,4-6,11H2,1-3H3;1H/t8?,9-;/m1./s1. The van der Waals surface area contributed by atoms with Crippen molar-refractivity contribution in [1.29, 1.82) is 0 Å². The van der Waals surface area contributed by atoms with Gasteiger partial charge in [-0.15, -0.1) is 12.4 Å². The molecular weight excluding hydrogens is 264 g/mol. The second-order valence-electron chi connectivity index (χ2n) is 4.78. The summed E-state index contributed by atoms with van der Waals surface area (Å²) in [5.41, 5.74) is 5.76. The molecule has 5 nitrogen and oxygen atoms in total. The molecule has 0 spiro atoms. The highest BCUT2D eigenvalue weighted by Crippen LogP contribution is 2.17. The molecular formula is C10H21ClN2O3S. The molecule has 1 heterocycles. The van der Waals surface area contributed by atoms with Gasteiger partial charge in [-0.1, -0.05) is 13.8 Å². The lowest BCUT2D eigenvalue weighted by molar-refractivity contribution is -0.133. The predicted molar refractivity (Wildman–Crippen MR) is 69.9 cm³/mol. The van der Waals surface area contributed by atoms with E-state index in [1.807, 2.05) is 13.8 Å². The molecule has 0 saturated carbocycles. The maximum Gasteiger partial charge on any atom is 0.239 e. The average molecular weight is 285 g/mol. The van der Waals surface area contributed by atoms with Gasteiger partial charge in [0.05, 0.1) is 17.5 Å². The molecule has 1 rings (SSSR count). The fourth-order valence-electron chi connectivity index (χ4n) is 1.78. The number of nitrogens with two attached hydrogens (primary N) is 1. The first-order valence-corrected chi connectivity index (χ1v) is 7.29. The maximum atomic E-state index is 11.9. The van der Waals surface area contributed by atoms with Gasteiger partial charge in [0, 0.05) is 13.1 Å². The highest BCUT2D eigenvalue weighted by atomic mass is 35.5. The van der Waals surface area contributed by atoms with Crippen molar-refractivity contribution in [3.63, 3.8) is 0 Å². The van der Waals surface area contributed by atoms with E-state index in [2.05, 4.69) is 0 Å². The van der Waals surface area contributed by atoms with Crippen LogP contribution in [0.3, 0.4) is 0 Å². The van der Waals surface area contributed by atoms with Gasteiger partial charge in [-0.25, -0.2) is 8.42 Å². The Morgan fingerprint density at radius 1 is 1.41 bits per heavy atom. The Morgan fingerprint density at radius 2 is 1.94 bits per heavy atom. The Hall–Kier alpha value is -0.330. The molecule has 0 aromatic rings. The predicted octanol–water partition coefficient (Wildman–Crippen LogP) is 0.0370. The minimum atomic E-state index is -2.95. The molecule has 7 heteroatoms. The normalized spacial score (nSPS) is 24.2. The SMILES string of the molecule is CC(C)[C@@H](N)C(=O)N(C)C1CCS(=O)(=O)C1.Cl. The van der Waals surface area contributed by atoms with Crippen LogP contribution >= 0.6 is 12.4 Å². The summed E-state index contributed by atoms with van der Waals surface area (Å²) >= 11 is 0. The minimum Gasteiger partial charge on any atom is -0.340 e. The monoisotopic (exact) mass is 284 g/mol. The molecule has 0 aromatic carbocycles. The van der Waals surface area contributed by atoms with Crippen LogP contribution in [0.2, 0.25) is 0 Å². The Morgan fingerprint density at radius 3 is 2.29 bits per heavy atom. The van der Waals surface area contributed by atoms with Gasteiger partial charge in [0.1, 0.15) is 0 Å². The topological polar surface area (TPSA) is 80.5 Å². The number of sulfone groups is 1. The quantitative estimate of drug-likeness (QED) is 0.793. The number of carbonyl (C=O) groups excluding carboxylic acids is 1. The fourth-order valence-corrected chi connectivity index (χ4v) is 3.56. The fraction of sp³-hybridized carbons (Fsp3) is 0.900. The van der Waals surface area contributed by atoms with Crippen LogP contribution in [0.4, 0.5) is 0 Å². The lowest BCUT2D eigenvalue weighted by Crippen LogP contribution is -2.49. The number of halogens is 1. The Kier molecular flexibility index (Phi) is 5.90. The molecule has 1 unspecified atom stereocenters. The van der Waals surface area contributed by atoms with Crippen molar-refractivity contribution < 1.29 is 13.2 Å². The van der Waals surface area contributed by atoms with Gasteiger partial charge >= 0.3 is 0 Å². The largest absolute Gasteiger partial charge is 0.340 e. The molecule has 1 fully saturated rings. The molecule has 102 valence electrons. The van der Waals surface area contributed by atoms with Crippen molar-refractivity contribution >= 4 is 28.2 Å². The smallest absolute Gasteiger partial charge is 0.239 e. The number of hydrogen-bond donors (Lipinski definition) is 1. The summed E-state index contributed by atoms with van der Waals surface area (Å²) in [5.74, 6) is 0.136. The highest BCUT2D eigenvalue weighted by molar-refractivity contribution is 7.91. The van der Waals surface area contributed by atoms with Crippen LogP contribution in [0.1, 0.15) is 20.3 Å². The Labute approximate surface area is 109 Å². The molecule has 2 atom stereocenters. The van der Waals surface area contributed by atoms with Crippen molar-refractivity contribution in [2.75, 3.05) is 18.6 Å². The van der Waals surface area contributed by atoms with Crippen molar-refractivity contribution in [1.82, 2.24) is 4.90 Å². The third-order valence-electron chi connectivity index (χ3n) is 3.11. The minimum absolute atomic E-state index is 0. The van der Waals surface area contributed by atoms with Crippen LogP contribution in [0.25, 0.3) is 0 Å². The Bertz CT molecular complexity index is 370. The van der Waals surface area contributed by atoms with E-state index in [9.17, 15) is 13.2 Å². The van der Waals surface area contributed by atoms with Crippen LogP contribution < -0.4 is 5.73 Å². The van der Waals surface area contributed by atoms with Gasteiger partial charge in [0.2, 0.25) is 5.91 Å². The van der Waals surface area contributed by atoms with Gasteiger partial charge in [-0.05, 0) is 12.3 Å². The number of likely N-dealkylation sites (N-methyl/N-ethyl adjacent to an activating group) is 1. The molecule has 0 aliphatic carbocycles. The third-order valence-corrected chi connectivity index (χ3v) is 4.86. The van der Waals surface area contributed by atoms with Gasteiger partial charge in [0.15, 0.2) is 9.84 Å². The van der Waals surface area contributed by atoms with Crippen molar-refractivity contribution in [2.24, 2.45) is 11.7 Å². The molecule has 0 aromatic heterocycles. The lowest BCUT2D eigenvalue weighted by Gasteiger charge is -2.27. The summed E-state index contributed by atoms with van der Waals surface area (Å²) in [4.78, 5) is 13.4. The molecule has 1 saturated heterocycles. The molecule has 1 aliphatic heterocycles. The van der Waals surface area contributed by atoms with E-state index >= 15 is 0 Å². The number of hydrogen-bond acceptors (Lipinski definition) is 4. The summed E-state index contributed by atoms with van der Waals surface area (Å²) in [6.45, 7) is 3.75. The summed E-state index contributed by atoms with van der Waals surface area (Å²) in [6, 6.07) is -0.754. The molecule has 0 radical (unpaired) electrons. The summed E-state index contributed by atoms with van der Waals surface area (Å²) in [6.07, 6.45) is 0.523. The van der Waals surface area contributed by atoms with Gasteiger partial charge in [-0.3, -0.25) is 4.79 Å². The van der Waals surface area contributed by atoms with Crippen LogP contribution in [0, 0.1) is 5.92 Å². The van der Waals surface area contributed by atoms with E-state index in [1.165, 1.54) is 4.90 Å². The molecule has 2 N–H and O–H groups in total. The van der Waals surface area contributed by atoms with Gasteiger partial charge in [-0.2, -0.15) is 0 Å². The average Bonchev–Trinajstić information content (AvgIpc) is 2.55. The van der Waals surface area contributed by atoms with E-state index in [1.54, 1.807) is 7.05 Å². The number of amides is 1. The zero-order valence-electron chi connectivity index (χ0n) is 10.4. The first-order valence-electron chi connectivity index (χ1n) is 5.47. The number of rotatable bonds is 3. The van der Waals surface area contributed by atoms with E-state index in [0.717, 1.165) is 0 Å². The molecule has 1 amide bonds. The summed E-state index contributed by atoms with van der Waals surface area (Å²) in [7, 11) is -1.32. The number of carbonyl (C=O) groups is 1. The van der Waals surface area contributed by atoms with Crippen LogP contribution in [-0.4, -0.2) is 49.9 Å². The van der Waals surface area contributed by atoms with Crippen LogP contribution in [0.15, 0.2) is 0 Å². The summed E-state index contributed by atoms with van der Waals surface area (Å²) in [5, 5.41) is 0. The zero-order chi connectivity index (χ0) is 12.5. The first kappa shape index (κ1) is 16.7. The van der Waals surface area contributed by atoms with E-state index in [0.29, 0.717) is 6.42 Å². The Balaban J connectivity index is 0.00000256. The highest BCUT2D eigenvalue weighted by Gasteiger charge is 2.34. The van der Waals surface area contributed by atoms with Crippen LogP contribution in [0.5, 0.6) is 0 Å². The van der Waals surface area contributed by atoms with Gasteiger partial charge in [0.25, 0.3) is 0 Å². The third kappa shape index (κ3) is 4.12. The second-order valence-corrected chi connectivity index (χ2v) is 7.00. The van der Waals surface area contributed by atoms with Crippen molar-refractivity contribution in [3.05, 3.63) is 0 Å². The molecule has 0 bridgehead atoms. The lowest BCUT2D eigenvalue weighted by atomic mass is 10.0. The zero-order valence-corrected chi connectivity index (χ0v) is 12.1. The molecule has 17 heavy (non-hydrogen) atoms. The van der Waals surface area contributed by atoms with Crippen molar-refractivity contribution in [2.45, 2.75) is 32.4 Å². The first-order chi connectivity index (χ1) is 7.24. The second kappa shape index (κ2) is 6.02. The number of nitrogens with zero attached hydrogens (tertiary/aromatic N) is 1. The van der Waals surface area contributed by atoms with E-state index in [-0.39, 0.29) is 41.8 Å². The van der Waals surface area contributed by atoms with E-state index in [4.69, 9.17) is 5.73 Å². The summed E-state index contributed by atoms with van der Waals surface area (Å²) < 4.78 is 22.6. The maximum absolute atomic E-state index is 11.9. The van der Waals surface area contributed by atoms with Crippen molar-refractivity contribution in [3.8, 4) is 0 Å². The van der Waals surface area contributed by atoms with Gasteiger partial charge < -0.3 is 10.6 Å².